The zero-order valence-corrected chi connectivity index (χ0v) is 12.8. The molecule has 6 heteroatoms. The van der Waals surface area contributed by atoms with E-state index >= 15 is 0 Å². The molecule has 118 valence electrons. The number of amides is 1. The Hall–Kier alpha value is -3.15. The molecular formula is C17H16N2O4. The van der Waals surface area contributed by atoms with Gasteiger partial charge in [-0.2, -0.15) is 5.10 Å². The van der Waals surface area contributed by atoms with Crippen LogP contribution in [0, 0.1) is 0 Å². The lowest BCUT2D eigenvalue weighted by Crippen LogP contribution is -2.12. The number of nitrogens with zero attached hydrogens (tertiary/aromatic N) is 1. The van der Waals surface area contributed by atoms with Gasteiger partial charge in [-0.15, -0.1) is 0 Å². The smallest absolute Gasteiger partial charge is 0.343 e. The maximum atomic E-state index is 12.1. The number of methoxy groups -OCH3 is 1. The van der Waals surface area contributed by atoms with E-state index in [1.165, 1.54) is 20.2 Å². The molecule has 0 aromatic heterocycles. The Labute approximate surface area is 133 Å². The highest BCUT2D eigenvalue weighted by atomic mass is 16.6. The fourth-order valence-corrected chi connectivity index (χ4v) is 1.78. The van der Waals surface area contributed by atoms with Gasteiger partial charge in [-0.1, -0.05) is 18.2 Å². The molecule has 0 atom stereocenters. The summed E-state index contributed by atoms with van der Waals surface area (Å²) in [6, 6.07) is 13.6. The number of carbonyl (C=O) groups excluding carboxylic acids is 2. The van der Waals surface area contributed by atoms with Crippen molar-refractivity contribution in [1.29, 1.82) is 0 Å². The zero-order valence-electron chi connectivity index (χ0n) is 12.8. The number of ether oxygens (including phenoxy) is 2. The maximum absolute atomic E-state index is 12.1. The van der Waals surface area contributed by atoms with Crippen LogP contribution in [0.25, 0.3) is 0 Å². The van der Waals surface area contributed by atoms with Crippen molar-refractivity contribution in [1.82, 2.24) is 5.43 Å². The standard InChI is InChI=1S/C17H16N2O4/c1-12(20)19-18-11-13-8-9-15(16(10-13)22-2)23-17(21)14-6-4-3-5-7-14/h3-11H,1-2H3,(H,19,20). The molecule has 0 saturated heterocycles. The van der Waals surface area contributed by atoms with E-state index in [2.05, 4.69) is 10.5 Å². The van der Waals surface area contributed by atoms with Crippen LogP contribution in [0.4, 0.5) is 0 Å². The first-order valence-corrected chi connectivity index (χ1v) is 6.85. The monoisotopic (exact) mass is 312 g/mol. The molecule has 0 spiro atoms. The number of hydrogen-bond donors (Lipinski definition) is 1. The van der Waals surface area contributed by atoms with Gasteiger partial charge in [0.1, 0.15) is 0 Å². The topological polar surface area (TPSA) is 77.0 Å². The lowest BCUT2D eigenvalue weighted by Gasteiger charge is -2.09. The Bertz CT molecular complexity index is 727. The fraction of sp³-hybridized carbons (Fsp3) is 0.118. The minimum atomic E-state index is -0.469. The summed E-state index contributed by atoms with van der Waals surface area (Å²) in [5.74, 6) is -0.0377. The van der Waals surface area contributed by atoms with Crippen LogP contribution in [0.15, 0.2) is 53.6 Å². The van der Waals surface area contributed by atoms with Gasteiger partial charge in [-0.3, -0.25) is 4.79 Å². The van der Waals surface area contributed by atoms with E-state index < -0.39 is 5.97 Å². The summed E-state index contributed by atoms with van der Waals surface area (Å²) in [5, 5.41) is 3.77. The van der Waals surface area contributed by atoms with Crippen LogP contribution in [-0.2, 0) is 4.79 Å². The molecule has 0 aliphatic heterocycles. The molecule has 0 bridgehead atoms. The van der Waals surface area contributed by atoms with E-state index in [0.717, 1.165) is 0 Å². The third kappa shape index (κ3) is 4.67. The fourth-order valence-electron chi connectivity index (χ4n) is 1.78. The first-order valence-electron chi connectivity index (χ1n) is 6.85. The molecule has 2 aromatic carbocycles. The van der Waals surface area contributed by atoms with Crippen molar-refractivity contribution in [2.24, 2.45) is 5.10 Å². The molecule has 6 nitrogen and oxygen atoms in total. The first-order chi connectivity index (χ1) is 11.1. The SMILES string of the molecule is COc1cc(C=NNC(C)=O)ccc1OC(=O)c1ccccc1. The highest BCUT2D eigenvalue weighted by Gasteiger charge is 2.12. The molecule has 0 aliphatic carbocycles. The second-order valence-electron chi connectivity index (χ2n) is 4.59. The summed E-state index contributed by atoms with van der Waals surface area (Å²) < 4.78 is 10.6. The Kier molecular flexibility index (Phi) is 5.46. The van der Waals surface area contributed by atoms with E-state index in [-0.39, 0.29) is 5.91 Å². The Morgan fingerprint density at radius 2 is 1.83 bits per heavy atom. The van der Waals surface area contributed by atoms with Crippen molar-refractivity contribution in [3.8, 4) is 11.5 Å². The van der Waals surface area contributed by atoms with Gasteiger partial charge >= 0.3 is 5.97 Å². The predicted octanol–water partition coefficient (Wildman–Crippen LogP) is 2.38. The number of nitrogens with one attached hydrogen (secondary N) is 1. The van der Waals surface area contributed by atoms with E-state index in [0.29, 0.717) is 22.6 Å². The van der Waals surface area contributed by atoms with Crippen LogP contribution in [0.2, 0.25) is 0 Å². The third-order valence-electron chi connectivity index (χ3n) is 2.84. The summed E-state index contributed by atoms with van der Waals surface area (Å²) in [5.41, 5.74) is 3.44. The van der Waals surface area contributed by atoms with Crippen molar-refractivity contribution < 1.29 is 19.1 Å². The highest BCUT2D eigenvalue weighted by Crippen LogP contribution is 2.28. The summed E-state index contributed by atoms with van der Waals surface area (Å²) in [6.07, 6.45) is 1.46. The van der Waals surface area contributed by atoms with Gasteiger partial charge in [0.05, 0.1) is 18.9 Å². The normalized spacial score (nSPS) is 10.3. The molecule has 0 heterocycles. The van der Waals surface area contributed by atoms with E-state index in [4.69, 9.17) is 9.47 Å². The summed E-state index contributed by atoms with van der Waals surface area (Å²) in [4.78, 5) is 22.8. The summed E-state index contributed by atoms with van der Waals surface area (Å²) >= 11 is 0. The second kappa shape index (κ2) is 7.74. The molecule has 2 rings (SSSR count). The zero-order chi connectivity index (χ0) is 16.7. The Balaban J connectivity index is 2.15. The van der Waals surface area contributed by atoms with Crippen LogP contribution in [0.3, 0.4) is 0 Å². The number of benzene rings is 2. The van der Waals surface area contributed by atoms with Gasteiger partial charge in [0.15, 0.2) is 11.5 Å². The van der Waals surface area contributed by atoms with Crippen LogP contribution < -0.4 is 14.9 Å². The third-order valence-corrected chi connectivity index (χ3v) is 2.84. The Morgan fingerprint density at radius 3 is 2.48 bits per heavy atom. The number of hydrazone groups is 1. The maximum Gasteiger partial charge on any atom is 0.343 e. The molecule has 0 radical (unpaired) electrons. The van der Waals surface area contributed by atoms with Crippen molar-refractivity contribution in [2.45, 2.75) is 6.92 Å². The molecular weight excluding hydrogens is 296 g/mol. The van der Waals surface area contributed by atoms with E-state index in [9.17, 15) is 9.59 Å². The van der Waals surface area contributed by atoms with Gasteiger partial charge in [-0.05, 0) is 35.9 Å². The number of hydrogen-bond acceptors (Lipinski definition) is 5. The van der Waals surface area contributed by atoms with Gasteiger partial charge in [0.25, 0.3) is 0 Å². The van der Waals surface area contributed by atoms with Crippen LogP contribution in [0.5, 0.6) is 11.5 Å². The lowest BCUT2D eigenvalue weighted by atomic mass is 10.2. The van der Waals surface area contributed by atoms with Crippen LogP contribution >= 0.6 is 0 Å². The van der Waals surface area contributed by atoms with Crippen molar-refractivity contribution >= 4 is 18.1 Å². The van der Waals surface area contributed by atoms with Crippen LogP contribution in [0.1, 0.15) is 22.8 Å². The minimum Gasteiger partial charge on any atom is -0.493 e. The molecule has 0 unspecified atom stereocenters. The van der Waals surface area contributed by atoms with E-state index in [1.807, 2.05) is 6.07 Å². The highest BCUT2D eigenvalue weighted by molar-refractivity contribution is 5.91. The molecule has 23 heavy (non-hydrogen) atoms. The number of esters is 1. The van der Waals surface area contributed by atoms with E-state index in [1.54, 1.807) is 42.5 Å². The van der Waals surface area contributed by atoms with Gasteiger partial charge in [0, 0.05) is 6.92 Å². The molecule has 0 aliphatic rings. The van der Waals surface area contributed by atoms with Crippen molar-refractivity contribution in [3.05, 3.63) is 59.7 Å². The summed E-state index contributed by atoms with van der Waals surface area (Å²) in [7, 11) is 1.48. The summed E-state index contributed by atoms with van der Waals surface area (Å²) in [6.45, 7) is 1.37. The molecule has 1 amide bonds. The van der Waals surface area contributed by atoms with Gasteiger partial charge < -0.3 is 9.47 Å². The molecule has 0 fully saturated rings. The quantitative estimate of drug-likeness (QED) is 0.398. The average molecular weight is 312 g/mol. The van der Waals surface area contributed by atoms with Crippen molar-refractivity contribution in [2.75, 3.05) is 7.11 Å². The lowest BCUT2D eigenvalue weighted by molar-refractivity contribution is -0.118. The van der Waals surface area contributed by atoms with Gasteiger partial charge in [-0.25, -0.2) is 10.2 Å². The van der Waals surface area contributed by atoms with Crippen molar-refractivity contribution in [3.63, 3.8) is 0 Å². The number of carbonyl (C=O) groups is 2. The minimum absolute atomic E-state index is 0.262. The van der Waals surface area contributed by atoms with Crippen LogP contribution in [-0.4, -0.2) is 25.2 Å². The average Bonchev–Trinajstić information content (AvgIpc) is 2.56. The first kappa shape index (κ1) is 16.2. The second-order valence-corrected chi connectivity index (χ2v) is 4.59. The molecule has 0 saturated carbocycles. The Morgan fingerprint density at radius 1 is 1.09 bits per heavy atom. The van der Waals surface area contributed by atoms with Gasteiger partial charge in [0.2, 0.25) is 5.91 Å². The largest absolute Gasteiger partial charge is 0.493 e. The number of rotatable bonds is 5. The molecule has 2 aromatic rings. The molecule has 1 N–H and O–H groups in total. The predicted molar refractivity (Wildman–Crippen MR) is 85.8 cm³/mol.